The van der Waals surface area contributed by atoms with Crippen LogP contribution in [-0.4, -0.2) is 53.1 Å². The van der Waals surface area contributed by atoms with E-state index in [1.54, 1.807) is 0 Å². The summed E-state index contributed by atoms with van der Waals surface area (Å²) in [5.41, 5.74) is -0.0563. The molecule has 7 atom stereocenters. The Morgan fingerprint density at radius 3 is 2.48 bits per heavy atom. The van der Waals surface area contributed by atoms with Crippen molar-refractivity contribution in [3.05, 3.63) is 0 Å². The Bertz CT molecular complexity index is 367. The van der Waals surface area contributed by atoms with Gasteiger partial charge in [0.2, 0.25) is 0 Å². The Morgan fingerprint density at radius 2 is 1.83 bits per heavy atom. The van der Waals surface area contributed by atoms with Crippen LogP contribution in [-0.2, 0) is 14.2 Å². The molecule has 0 aromatic heterocycles. The van der Waals surface area contributed by atoms with Crippen LogP contribution in [0.4, 0.5) is 0 Å². The third-order valence-corrected chi connectivity index (χ3v) is 4.80. The number of rotatable bonds is 7. The summed E-state index contributed by atoms with van der Waals surface area (Å²) in [5.74, 6) is 1.43. The van der Waals surface area contributed by atoms with E-state index in [1.165, 1.54) is 6.42 Å². The van der Waals surface area contributed by atoms with E-state index in [0.29, 0.717) is 12.3 Å². The van der Waals surface area contributed by atoms with Crippen LogP contribution in [0.3, 0.4) is 0 Å². The minimum atomic E-state index is -0.752. The number of ether oxygens (including phenoxy) is 3. The van der Waals surface area contributed by atoms with E-state index < -0.39 is 18.5 Å². The summed E-state index contributed by atoms with van der Waals surface area (Å²) in [7, 11) is 0. The normalized spacial score (nSPS) is 39.3. The average Bonchev–Trinajstić information content (AvgIpc) is 3.18. The molecule has 2 N–H and O–H groups in total. The van der Waals surface area contributed by atoms with Crippen LogP contribution < -0.4 is 0 Å². The summed E-state index contributed by atoms with van der Waals surface area (Å²) in [6.07, 6.45) is 1.40. The minimum Gasteiger partial charge on any atom is -0.390 e. The highest BCUT2D eigenvalue weighted by Crippen LogP contribution is 2.43. The number of aliphatic hydroxyl groups excluding tert-OH is 2. The molecular formula is C18H34O5. The van der Waals surface area contributed by atoms with E-state index in [4.69, 9.17) is 14.2 Å². The molecule has 5 nitrogen and oxygen atoms in total. The van der Waals surface area contributed by atoms with E-state index in [9.17, 15) is 10.2 Å². The first-order chi connectivity index (χ1) is 10.7. The molecule has 0 aromatic carbocycles. The largest absolute Gasteiger partial charge is 0.390 e. The van der Waals surface area contributed by atoms with Crippen LogP contribution in [0.25, 0.3) is 0 Å². The monoisotopic (exact) mass is 330 g/mol. The van der Waals surface area contributed by atoms with Gasteiger partial charge in [-0.15, -0.1) is 0 Å². The predicted octanol–water partition coefficient (Wildman–Crippen LogP) is 2.48. The lowest BCUT2D eigenvalue weighted by Gasteiger charge is -2.36. The lowest BCUT2D eigenvalue weighted by Crippen LogP contribution is -2.48. The van der Waals surface area contributed by atoms with Crippen LogP contribution in [0.15, 0.2) is 0 Å². The molecule has 5 heteroatoms. The van der Waals surface area contributed by atoms with Crippen LogP contribution in [0.5, 0.6) is 0 Å². The first-order valence-electron chi connectivity index (χ1n) is 8.96. The Balaban J connectivity index is 1.62. The molecule has 0 radical (unpaired) electrons. The Morgan fingerprint density at radius 1 is 1.13 bits per heavy atom. The average molecular weight is 330 g/mol. The maximum atomic E-state index is 9.96. The van der Waals surface area contributed by atoms with Crippen molar-refractivity contribution in [2.24, 2.45) is 11.8 Å². The zero-order valence-electron chi connectivity index (χ0n) is 15.2. The molecule has 0 bridgehead atoms. The van der Waals surface area contributed by atoms with Gasteiger partial charge in [-0.2, -0.15) is 0 Å². The van der Waals surface area contributed by atoms with Gasteiger partial charge in [0.15, 0.2) is 6.29 Å². The van der Waals surface area contributed by atoms with Gasteiger partial charge in [0.25, 0.3) is 0 Å². The van der Waals surface area contributed by atoms with E-state index in [0.717, 1.165) is 25.4 Å². The molecule has 23 heavy (non-hydrogen) atoms. The maximum absolute atomic E-state index is 9.96. The molecular weight excluding hydrogens is 296 g/mol. The van der Waals surface area contributed by atoms with Gasteiger partial charge < -0.3 is 24.4 Å². The molecule has 1 aliphatic heterocycles. The molecule has 136 valence electrons. The highest BCUT2D eigenvalue weighted by atomic mass is 16.7. The van der Waals surface area contributed by atoms with Crippen molar-refractivity contribution in [2.45, 2.75) is 96.6 Å². The molecule has 2 fully saturated rings. The van der Waals surface area contributed by atoms with Gasteiger partial charge in [-0.25, -0.2) is 0 Å². The summed E-state index contributed by atoms with van der Waals surface area (Å²) in [6.45, 7) is 11.0. The Hall–Kier alpha value is -0.200. The van der Waals surface area contributed by atoms with Gasteiger partial charge in [0, 0.05) is 6.42 Å². The van der Waals surface area contributed by atoms with Gasteiger partial charge in [-0.05, 0) is 65.7 Å². The fraction of sp³-hybridized carbons (Fsp3) is 1.00. The van der Waals surface area contributed by atoms with Gasteiger partial charge >= 0.3 is 0 Å². The molecule has 1 saturated heterocycles. The second kappa shape index (κ2) is 7.79. The van der Waals surface area contributed by atoms with Crippen molar-refractivity contribution in [3.63, 3.8) is 0 Å². The highest BCUT2D eigenvalue weighted by molar-refractivity contribution is 4.87. The molecule has 2 rings (SSSR count). The van der Waals surface area contributed by atoms with E-state index in [-0.39, 0.29) is 17.8 Å². The van der Waals surface area contributed by atoms with E-state index >= 15 is 0 Å². The van der Waals surface area contributed by atoms with Gasteiger partial charge in [-0.1, -0.05) is 0 Å². The fourth-order valence-corrected chi connectivity index (χ4v) is 3.04. The van der Waals surface area contributed by atoms with E-state index in [1.807, 2.05) is 13.8 Å². The topological polar surface area (TPSA) is 68.2 Å². The third-order valence-electron chi connectivity index (χ3n) is 4.80. The van der Waals surface area contributed by atoms with Crippen molar-refractivity contribution < 1.29 is 24.4 Å². The SMILES string of the molecule is C[C@H](CCC1CC1COC(C)(C)C)O[C@@H]1O[C@@H](C)[C@H](O)C[C@H]1O. The Kier molecular flexibility index (Phi) is 6.48. The van der Waals surface area contributed by atoms with Crippen molar-refractivity contribution in [1.82, 2.24) is 0 Å². The summed E-state index contributed by atoms with van der Waals surface area (Å²) in [6, 6.07) is 0. The molecule has 1 aliphatic carbocycles. The first kappa shape index (κ1) is 19.1. The maximum Gasteiger partial charge on any atom is 0.184 e. The highest BCUT2D eigenvalue weighted by Gasteiger charge is 2.39. The van der Waals surface area contributed by atoms with Crippen molar-refractivity contribution in [1.29, 1.82) is 0 Å². The predicted molar refractivity (Wildman–Crippen MR) is 88.0 cm³/mol. The van der Waals surface area contributed by atoms with Crippen LogP contribution >= 0.6 is 0 Å². The summed E-state index contributed by atoms with van der Waals surface area (Å²) in [5, 5.41) is 19.6. The quantitative estimate of drug-likeness (QED) is 0.750. The van der Waals surface area contributed by atoms with Gasteiger partial charge in [-0.3, -0.25) is 0 Å². The summed E-state index contributed by atoms with van der Waals surface area (Å²) in [4.78, 5) is 0. The molecule has 2 aliphatic rings. The number of hydrogen-bond acceptors (Lipinski definition) is 5. The Labute approximate surface area is 140 Å². The first-order valence-corrected chi connectivity index (χ1v) is 8.96. The smallest absolute Gasteiger partial charge is 0.184 e. The molecule has 1 heterocycles. The molecule has 0 amide bonds. The van der Waals surface area contributed by atoms with Crippen molar-refractivity contribution in [2.75, 3.05) is 6.61 Å². The lowest BCUT2D eigenvalue weighted by molar-refractivity contribution is -0.273. The molecule has 0 aromatic rings. The van der Waals surface area contributed by atoms with Crippen LogP contribution in [0.1, 0.15) is 60.3 Å². The van der Waals surface area contributed by atoms with Crippen LogP contribution in [0, 0.1) is 11.8 Å². The second-order valence-corrected chi connectivity index (χ2v) is 8.28. The van der Waals surface area contributed by atoms with E-state index in [2.05, 4.69) is 20.8 Å². The summed E-state index contributed by atoms with van der Waals surface area (Å²) >= 11 is 0. The third kappa shape index (κ3) is 6.31. The molecule has 2 unspecified atom stereocenters. The molecule has 0 spiro atoms. The molecule has 1 saturated carbocycles. The number of aliphatic hydroxyl groups is 2. The van der Waals surface area contributed by atoms with Crippen LogP contribution in [0.2, 0.25) is 0 Å². The summed E-state index contributed by atoms with van der Waals surface area (Å²) < 4.78 is 17.2. The zero-order valence-corrected chi connectivity index (χ0v) is 15.2. The standard InChI is InChI=1S/C18H34O5/c1-11(22-17-16(20)9-15(19)12(2)23-17)6-7-13-8-14(13)10-21-18(3,4)5/h11-17,19-20H,6-10H2,1-5H3/t11-,12+,13?,14?,15-,16-,17-/m1/s1. The number of hydrogen-bond donors (Lipinski definition) is 2. The van der Waals surface area contributed by atoms with Gasteiger partial charge in [0.1, 0.15) is 6.10 Å². The lowest BCUT2D eigenvalue weighted by atomic mass is 10.0. The van der Waals surface area contributed by atoms with Crippen molar-refractivity contribution >= 4 is 0 Å². The minimum absolute atomic E-state index is 0.0434. The second-order valence-electron chi connectivity index (χ2n) is 8.28. The zero-order chi connectivity index (χ0) is 17.2. The van der Waals surface area contributed by atoms with Gasteiger partial charge in [0.05, 0.1) is 30.5 Å². The fourth-order valence-electron chi connectivity index (χ4n) is 3.04. The van der Waals surface area contributed by atoms with Crippen molar-refractivity contribution in [3.8, 4) is 0 Å².